The van der Waals surface area contributed by atoms with Gasteiger partial charge in [-0.15, -0.1) is 0 Å². The SMILES string of the molecule is COc1ccc(C(c2cccc(Br)c2)N2CCCC(C(=O)O)C2)cc1OC. The van der Waals surface area contributed by atoms with E-state index in [0.717, 1.165) is 35.0 Å². The van der Waals surface area contributed by atoms with Gasteiger partial charge in [0, 0.05) is 11.0 Å². The van der Waals surface area contributed by atoms with E-state index in [1.165, 1.54) is 0 Å². The Bertz CT molecular complexity index is 811. The lowest BCUT2D eigenvalue weighted by molar-refractivity contribution is -0.143. The van der Waals surface area contributed by atoms with Gasteiger partial charge in [-0.05, 0) is 54.8 Å². The van der Waals surface area contributed by atoms with Crippen molar-refractivity contribution in [2.24, 2.45) is 5.92 Å². The molecule has 1 aliphatic heterocycles. The second-order valence-corrected chi connectivity index (χ2v) is 7.66. The number of benzene rings is 2. The normalized spacial score (nSPS) is 18.7. The summed E-state index contributed by atoms with van der Waals surface area (Å²) in [5, 5.41) is 9.50. The van der Waals surface area contributed by atoms with Crippen LogP contribution in [0.4, 0.5) is 0 Å². The molecule has 144 valence electrons. The van der Waals surface area contributed by atoms with Crippen LogP contribution in [0.1, 0.15) is 30.0 Å². The molecular formula is C21H24BrNO4. The van der Waals surface area contributed by atoms with E-state index < -0.39 is 5.97 Å². The molecule has 5 nitrogen and oxygen atoms in total. The maximum absolute atomic E-state index is 11.6. The predicted octanol–water partition coefficient (Wildman–Crippen LogP) is 4.35. The Labute approximate surface area is 168 Å². The third-order valence-corrected chi connectivity index (χ3v) is 5.55. The maximum atomic E-state index is 11.6. The summed E-state index contributed by atoms with van der Waals surface area (Å²) in [4.78, 5) is 13.8. The van der Waals surface area contributed by atoms with Crippen molar-refractivity contribution in [2.75, 3.05) is 27.3 Å². The van der Waals surface area contributed by atoms with E-state index >= 15 is 0 Å². The van der Waals surface area contributed by atoms with Gasteiger partial charge in [0.25, 0.3) is 0 Å². The molecule has 1 saturated heterocycles. The summed E-state index contributed by atoms with van der Waals surface area (Å²) < 4.78 is 11.8. The number of piperidine rings is 1. The van der Waals surface area contributed by atoms with Crippen molar-refractivity contribution in [1.29, 1.82) is 0 Å². The van der Waals surface area contributed by atoms with Gasteiger partial charge in [0.15, 0.2) is 11.5 Å². The number of carbonyl (C=O) groups is 1. The summed E-state index contributed by atoms with van der Waals surface area (Å²) in [7, 11) is 3.24. The Morgan fingerprint density at radius 2 is 1.89 bits per heavy atom. The highest BCUT2D eigenvalue weighted by atomic mass is 79.9. The molecule has 0 aromatic heterocycles. The largest absolute Gasteiger partial charge is 0.493 e. The van der Waals surface area contributed by atoms with Crippen LogP contribution in [-0.2, 0) is 4.79 Å². The number of aliphatic carboxylic acids is 1. The Hall–Kier alpha value is -2.05. The zero-order chi connectivity index (χ0) is 19.4. The van der Waals surface area contributed by atoms with Crippen molar-refractivity contribution in [3.05, 3.63) is 58.1 Å². The fourth-order valence-electron chi connectivity index (χ4n) is 3.76. The number of rotatable bonds is 6. The molecular weight excluding hydrogens is 410 g/mol. The molecule has 1 heterocycles. The molecule has 0 amide bonds. The fraction of sp³-hybridized carbons (Fsp3) is 0.381. The summed E-state index contributed by atoms with van der Waals surface area (Å²) in [5.74, 6) is 0.284. The summed E-state index contributed by atoms with van der Waals surface area (Å²) in [6.45, 7) is 1.39. The Morgan fingerprint density at radius 1 is 1.15 bits per heavy atom. The van der Waals surface area contributed by atoms with Gasteiger partial charge in [-0.25, -0.2) is 0 Å². The molecule has 2 aromatic rings. The Balaban J connectivity index is 2.04. The van der Waals surface area contributed by atoms with E-state index in [4.69, 9.17) is 9.47 Å². The first-order chi connectivity index (χ1) is 13.0. The van der Waals surface area contributed by atoms with Crippen molar-refractivity contribution >= 4 is 21.9 Å². The van der Waals surface area contributed by atoms with Crippen LogP contribution in [0, 0.1) is 5.92 Å². The molecule has 0 spiro atoms. The van der Waals surface area contributed by atoms with E-state index in [2.05, 4.69) is 33.0 Å². The van der Waals surface area contributed by atoms with Crippen LogP contribution in [0.3, 0.4) is 0 Å². The van der Waals surface area contributed by atoms with Crippen molar-refractivity contribution in [3.8, 4) is 11.5 Å². The summed E-state index contributed by atoms with van der Waals surface area (Å²) in [6, 6.07) is 14.0. The number of carboxylic acids is 1. The molecule has 2 unspecified atom stereocenters. The molecule has 3 rings (SSSR count). The van der Waals surface area contributed by atoms with Gasteiger partial charge < -0.3 is 14.6 Å². The molecule has 0 aliphatic carbocycles. The van der Waals surface area contributed by atoms with Gasteiger partial charge in [0.05, 0.1) is 26.2 Å². The van der Waals surface area contributed by atoms with Crippen molar-refractivity contribution < 1.29 is 19.4 Å². The minimum atomic E-state index is -0.722. The quantitative estimate of drug-likeness (QED) is 0.733. The first-order valence-electron chi connectivity index (χ1n) is 8.97. The monoisotopic (exact) mass is 433 g/mol. The van der Waals surface area contributed by atoms with E-state index in [0.29, 0.717) is 18.0 Å². The molecule has 0 bridgehead atoms. The van der Waals surface area contributed by atoms with E-state index in [9.17, 15) is 9.90 Å². The molecule has 27 heavy (non-hydrogen) atoms. The molecule has 0 saturated carbocycles. The summed E-state index contributed by atoms with van der Waals surface area (Å²) >= 11 is 3.56. The van der Waals surface area contributed by atoms with Crippen LogP contribution < -0.4 is 9.47 Å². The molecule has 0 radical (unpaired) electrons. The van der Waals surface area contributed by atoms with E-state index in [-0.39, 0.29) is 12.0 Å². The van der Waals surface area contributed by atoms with Crippen molar-refractivity contribution in [2.45, 2.75) is 18.9 Å². The number of methoxy groups -OCH3 is 2. The molecule has 1 aliphatic rings. The van der Waals surface area contributed by atoms with Gasteiger partial charge >= 0.3 is 5.97 Å². The topological polar surface area (TPSA) is 59.0 Å². The molecule has 6 heteroatoms. The van der Waals surface area contributed by atoms with Gasteiger partial charge in [0.2, 0.25) is 0 Å². The van der Waals surface area contributed by atoms with E-state index in [1.807, 2.05) is 30.3 Å². The smallest absolute Gasteiger partial charge is 0.307 e. The molecule has 2 aromatic carbocycles. The lowest BCUT2D eigenvalue weighted by atomic mass is 9.91. The Morgan fingerprint density at radius 3 is 2.56 bits per heavy atom. The second kappa shape index (κ2) is 8.76. The highest BCUT2D eigenvalue weighted by Gasteiger charge is 2.31. The Kier molecular flexibility index (Phi) is 6.39. The lowest BCUT2D eigenvalue weighted by Gasteiger charge is -2.37. The first kappa shape index (κ1) is 19.7. The van der Waals surface area contributed by atoms with Crippen molar-refractivity contribution in [1.82, 2.24) is 4.90 Å². The zero-order valence-corrected chi connectivity index (χ0v) is 17.1. The lowest BCUT2D eigenvalue weighted by Crippen LogP contribution is -2.41. The number of nitrogens with zero attached hydrogens (tertiary/aromatic N) is 1. The second-order valence-electron chi connectivity index (χ2n) is 6.74. The number of hydrogen-bond acceptors (Lipinski definition) is 4. The third kappa shape index (κ3) is 4.45. The van der Waals surface area contributed by atoms with Crippen molar-refractivity contribution in [3.63, 3.8) is 0 Å². The molecule has 1 N–H and O–H groups in total. The van der Waals surface area contributed by atoms with Crippen LogP contribution in [0.15, 0.2) is 46.9 Å². The summed E-state index contributed by atoms with van der Waals surface area (Å²) in [6.07, 6.45) is 1.59. The average molecular weight is 434 g/mol. The number of hydrogen-bond donors (Lipinski definition) is 1. The van der Waals surface area contributed by atoms with Crippen LogP contribution in [0.25, 0.3) is 0 Å². The van der Waals surface area contributed by atoms with Crippen LogP contribution in [0.5, 0.6) is 11.5 Å². The number of likely N-dealkylation sites (tertiary alicyclic amines) is 1. The fourth-order valence-corrected chi connectivity index (χ4v) is 4.17. The zero-order valence-electron chi connectivity index (χ0n) is 15.5. The number of carboxylic acid groups (broad SMARTS) is 1. The minimum absolute atomic E-state index is 0.0514. The number of ether oxygens (including phenoxy) is 2. The van der Waals surface area contributed by atoms with Gasteiger partial charge in [-0.3, -0.25) is 9.69 Å². The highest BCUT2D eigenvalue weighted by molar-refractivity contribution is 9.10. The van der Waals surface area contributed by atoms with Crippen LogP contribution in [-0.4, -0.2) is 43.3 Å². The molecule has 1 fully saturated rings. The number of halogens is 1. The first-order valence-corrected chi connectivity index (χ1v) is 9.77. The highest BCUT2D eigenvalue weighted by Crippen LogP contribution is 2.37. The van der Waals surface area contributed by atoms with Gasteiger partial charge in [-0.1, -0.05) is 34.1 Å². The minimum Gasteiger partial charge on any atom is -0.493 e. The van der Waals surface area contributed by atoms with E-state index in [1.54, 1.807) is 14.2 Å². The predicted molar refractivity (Wildman–Crippen MR) is 107 cm³/mol. The van der Waals surface area contributed by atoms with Crippen LogP contribution in [0.2, 0.25) is 0 Å². The van der Waals surface area contributed by atoms with Crippen LogP contribution >= 0.6 is 15.9 Å². The maximum Gasteiger partial charge on any atom is 0.307 e. The summed E-state index contributed by atoms with van der Waals surface area (Å²) in [5.41, 5.74) is 2.17. The average Bonchev–Trinajstić information content (AvgIpc) is 2.68. The van der Waals surface area contributed by atoms with Gasteiger partial charge in [0.1, 0.15) is 0 Å². The standard InChI is InChI=1S/C21H24BrNO4/c1-26-18-9-8-15(12-19(18)27-2)20(14-5-3-7-17(22)11-14)23-10-4-6-16(13-23)21(24)25/h3,5,7-9,11-12,16,20H,4,6,10,13H2,1-2H3,(H,24,25). The third-order valence-electron chi connectivity index (χ3n) is 5.05. The molecule has 2 atom stereocenters. The van der Waals surface area contributed by atoms with Gasteiger partial charge in [-0.2, -0.15) is 0 Å².